The number of carbonyl (C=O) groups is 2. The maximum atomic E-state index is 14.0. The average Bonchev–Trinajstić information content (AvgIpc) is 2.95. The SMILES string of the molecule is CC[C@@H](C)NC(=O)[C@@H](C)N(Cc1ccc(C)cc1)C(=O)CN(c1ccc(C(C)C)cc1)S(=O)(=O)c1ccc(C)cc1. The van der Waals surface area contributed by atoms with Gasteiger partial charge in [-0.05, 0) is 75.4 Å². The van der Waals surface area contributed by atoms with Crippen LogP contribution in [-0.4, -0.2) is 43.8 Å². The van der Waals surface area contributed by atoms with Crippen molar-refractivity contribution >= 4 is 27.5 Å². The summed E-state index contributed by atoms with van der Waals surface area (Å²) < 4.78 is 29.1. The Labute approximate surface area is 245 Å². The first-order valence-electron chi connectivity index (χ1n) is 14.2. The second kappa shape index (κ2) is 13.8. The van der Waals surface area contributed by atoms with E-state index in [9.17, 15) is 18.0 Å². The highest BCUT2D eigenvalue weighted by molar-refractivity contribution is 7.92. The van der Waals surface area contributed by atoms with Gasteiger partial charge in [0.15, 0.2) is 0 Å². The van der Waals surface area contributed by atoms with Crippen LogP contribution in [0.1, 0.15) is 69.2 Å². The first-order chi connectivity index (χ1) is 19.3. The Hall–Kier alpha value is -3.65. The molecule has 0 unspecified atom stereocenters. The van der Waals surface area contributed by atoms with Gasteiger partial charge in [-0.3, -0.25) is 13.9 Å². The normalized spacial score (nSPS) is 13.0. The van der Waals surface area contributed by atoms with Crippen molar-refractivity contribution in [1.29, 1.82) is 0 Å². The van der Waals surface area contributed by atoms with E-state index in [1.807, 2.05) is 64.1 Å². The molecule has 0 fully saturated rings. The highest BCUT2D eigenvalue weighted by Crippen LogP contribution is 2.27. The third-order valence-corrected chi connectivity index (χ3v) is 9.17. The minimum absolute atomic E-state index is 0.0563. The monoisotopic (exact) mass is 577 g/mol. The van der Waals surface area contributed by atoms with Gasteiger partial charge >= 0.3 is 0 Å². The van der Waals surface area contributed by atoms with Crippen LogP contribution >= 0.6 is 0 Å². The molecule has 220 valence electrons. The Bertz CT molecular complexity index is 1420. The quantitative estimate of drug-likeness (QED) is 0.288. The summed E-state index contributed by atoms with van der Waals surface area (Å²) in [6.07, 6.45) is 0.749. The number of amides is 2. The number of carbonyl (C=O) groups excluding carboxylic acids is 2. The van der Waals surface area contributed by atoms with E-state index in [0.717, 1.165) is 33.0 Å². The molecular weight excluding hydrogens is 534 g/mol. The van der Waals surface area contributed by atoms with E-state index >= 15 is 0 Å². The Kier molecular flexibility index (Phi) is 10.7. The Morgan fingerprint density at radius 2 is 1.34 bits per heavy atom. The number of aryl methyl sites for hydroxylation is 2. The van der Waals surface area contributed by atoms with Crippen LogP contribution in [0.25, 0.3) is 0 Å². The van der Waals surface area contributed by atoms with E-state index in [1.54, 1.807) is 43.3 Å². The van der Waals surface area contributed by atoms with Gasteiger partial charge in [-0.15, -0.1) is 0 Å². The molecule has 0 radical (unpaired) electrons. The van der Waals surface area contributed by atoms with E-state index in [4.69, 9.17) is 0 Å². The fourth-order valence-electron chi connectivity index (χ4n) is 4.33. The zero-order chi connectivity index (χ0) is 30.3. The summed E-state index contributed by atoms with van der Waals surface area (Å²) in [5, 5.41) is 2.96. The molecule has 2 atom stereocenters. The summed E-state index contributed by atoms with van der Waals surface area (Å²) in [6, 6.07) is 20.7. The Morgan fingerprint density at radius 3 is 1.85 bits per heavy atom. The number of hydrogen-bond donors (Lipinski definition) is 1. The van der Waals surface area contributed by atoms with Crippen LogP contribution in [0.4, 0.5) is 5.69 Å². The smallest absolute Gasteiger partial charge is 0.264 e. The molecule has 0 bridgehead atoms. The minimum atomic E-state index is -4.09. The fraction of sp³-hybridized carbons (Fsp3) is 0.394. The van der Waals surface area contributed by atoms with Crippen molar-refractivity contribution in [2.45, 2.75) is 84.3 Å². The molecule has 0 spiro atoms. The van der Waals surface area contributed by atoms with Gasteiger partial charge in [0.05, 0.1) is 10.6 Å². The van der Waals surface area contributed by atoms with Gasteiger partial charge < -0.3 is 10.2 Å². The number of nitrogens with zero attached hydrogens (tertiary/aromatic N) is 2. The zero-order valence-electron chi connectivity index (χ0n) is 25.2. The molecule has 3 aromatic carbocycles. The standard InChI is InChI=1S/C33H43N3O4S/c1-8-26(6)34-33(38)27(7)35(21-28-13-9-24(4)10-14-28)32(37)22-36(30-17-15-29(16-18-30)23(2)3)41(39,40)31-19-11-25(5)12-20-31/h9-20,23,26-27H,8,21-22H2,1-7H3,(H,34,38)/t26-,27-/m1/s1. The maximum Gasteiger partial charge on any atom is 0.264 e. The molecule has 3 rings (SSSR count). The van der Waals surface area contributed by atoms with Gasteiger partial charge in [0.1, 0.15) is 12.6 Å². The second-order valence-corrected chi connectivity index (χ2v) is 12.9. The maximum absolute atomic E-state index is 14.0. The van der Waals surface area contributed by atoms with E-state index in [-0.39, 0.29) is 29.3 Å². The van der Waals surface area contributed by atoms with Gasteiger partial charge in [0.25, 0.3) is 10.0 Å². The van der Waals surface area contributed by atoms with Gasteiger partial charge in [0, 0.05) is 12.6 Å². The lowest BCUT2D eigenvalue weighted by Gasteiger charge is -2.32. The summed E-state index contributed by atoms with van der Waals surface area (Å²) in [7, 11) is -4.09. The number of rotatable bonds is 12. The number of nitrogens with one attached hydrogen (secondary N) is 1. The molecule has 7 nitrogen and oxygen atoms in total. The van der Waals surface area contributed by atoms with Gasteiger partial charge in [-0.1, -0.05) is 80.4 Å². The third-order valence-electron chi connectivity index (χ3n) is 7.38. The van der Waals surface area contributed by atoms with Crippen LogP contribution in [0.2, 0.25) is 0 Å². The molecule has 0 aliphatic rings. The molecule has 1 N–H and O–H groups in total. The second-order valence-electron chi connectivity index (χ2n) is 11.1. The predicted octanol–water partition coefficient (Wildman–Crippen LogP) is 5.95. The van der Waals surface area contributed by atoms with Crippen molar-refractivity contribution in [1.82, 2.24) is 10.2 Å². The van der Waals surface area contributed by atoms with E-state index < -0.39 is 28.5 Å². The molecule has 41 heavy (non-hydrogen) atoms. The summed E-state index contributed by atoms with van der Waals surface area (Å²) >= 11 is 0. The Morgan fingerprint density at radius 1 is 0.805 bits per heavy atom. The molecule has 2 amide bonds. The lowest BCUT2D eigenvalue weighted by atomic mass is 10.0. The van der Waals surface area contributed by atoms with Crippen molar-refractivity contribution in [3.05, 3.63) is 95.1 Å². The van der Waals surface area contributed by atoms with Crippen molar-refractivity contribution in [3.63, 3.8) is 0 Å². The fourth-order valence-corrected chi connectivity index (χ4v) is 5.74. The number of anilines is 1. The molecular formula is C33H43N3O4S. The summed E-state index contributed by atoms with van der Waals surface area (Å²) in [5.74, 6) is -0.488. The molecule has 3 aromatic rings. The minimum Gasteiger partial charge on any atom is -0.352 e. The highest BCUT2D eigenvalue weighted by atomic mass is 32.2. The number of sulfonamides is 1. The number of hydrogen-bond acceptors (Lipinski definition) is 4. The van der Waals surface area contributed by atoms with Crippen molar-refractivity contribution < 1.29 is 18.0 Å². The first-order valence-corrected chi connectivity index (χ1v) is 15.6. The van der Waals surface area contributed by atoms with Crippen molar-refractivity contribution in [2.75, 3.05) is 10.8 Å². The first kappa shape index (κ1) is 31.9. The van der Waals surface area contributed by atoms with Crippen LogP contribution in [0.3, 0.4) is 0 Å². The predicted molar refractivity (Wildman–Crippen MR) is 165 cm³/mol. The van der Waals surface area contributed by atoms with E-state index in [1.165, 1.54) is 4.90 Å². The van der Waals surface area contributed by atoms with Crippen molar-refractivity contribution in [2.24, 2.45) is 0 Å². The van der Waals surface area contributed by atoms with Crippen LogP contribution in [-0.2, 0) is 26.2 Å². The van der Waals surface area contributed by atoms with E-state index in [0.29, 0.717) is 5.69 Å². The Balaban J connectivity index is 2.03. The topological polar surface area (TPSA) is 86.8 Å². The zero-order valence-corrected chi connectivity index (χ0v) is 26.0. The van der Waals surface area contributed by atoms with Crippen LogP contribution in [0.15, 0.2) is 77.7 Å². The molecule has 0 aliphatic heterocycles. The molecule has 0 saturated heterocycles. The third kappa shape index (κ3) is 8.19. The van der Waals surface area contributed by atoms with Gasteiger partial charge in [0.2, 0.25) is 11.8 Å². The molecule has 0 aliphatic carbocycles. The molecule has 8 heteroatoms. The average molecular weight is 578 g/mol. The summed E-state index contributed by atoms with van der Waals surface area (Å²) in [5.41, 5.74) is 4.30. The number of benzene rings is 3. The largest absolute Gasteiger partial charge is 0.352 e. The molecule has 0 aromatic heterocycles. The van der Waals surface area contributed by atoms with Crippen LogP contribution in [0, 0.1) is 13.8 Å². The molecule has 0 heterocycles. The van der Waals surface area contributed by atoms with Crippen molar-refractivity contribution in [3.8, 4) is 0 Å². The van der Waals surface area contributed by atoms with Crippen LogP contribution < -0.4 is 9.62 Å². The van der Waals surface area contributed by atoms with Gasteiger partial charge in [-0.25, -0.2) is 8.42 Å². The van der Waals surface area contributed by atoms with Crippen LogP contribution in [0.5, 0.6) is 0 Å². The highest BCUT2D eigenvalue weighted by Gasteiger charge is 2.32. The summed E-state index contributed by atoms with van der Waals surface area (Å²) in [4.78, 5) is 28.8. The lowest BCUT2D eigenvalue weighted by Crippen LogP contribution is -2.52. The van der Waals surface area contributed by atoms with E-state index in [2.05, 4.69) is 19.2 Å². The molecule has 0 saturated carbocycles. The lowest BCUT2D eigenvalue weighted by molar-refractivity contribution is -0.139. The van der Waals surface area contributed by atoms with Gasteiger partial charge in [-0.2, -0.15) is 0 Å². The summed E-state index contributed by atoms with van der Waals surface area (Å²) in [6.45, 7) is 13.3.